The molecule has 0 saturated carbocycles. The van der Waals surface area contributed by atoms with Crippen LogP contribution in [0.15, 0.2) is 11.4 Å². The fourth-order valence-electron chi connectivity index (χ4n) is 1.86. The van der Waals surface area contributed by atoms with E-state index in [0.717, 1.165) is 18.5 Å². The van der Waals surface area contributed by atoms with Crippen molar-refractivity contribution in [2.45, 2.75) is 40.0 Å². The number of hydrogen-bond donors (Lipinski definition) is 1. The second kappa shape index (κ2) is 6.30. The first-order valence-corrected chi connectivity index (χ1v) is 8.12. The average molecular weight is 294 g/mol. The number of thiophene rings is 1. The lowest BCUT2D eigenvalue weighted by Crippen LogP contribution is -2.10. The summed E-state index contributed by atoms with van der Waals surface area (Å²) in [7, 11) is 0. The summed E-state index contributed by atoms with van der Waals surface area (Å²) in [6.45, 7) is 6.28. The van der Waals surface area contributed by atoms with Crippen molar-refractivity contribution < 1.29 is 4.79 Å². The third-order valence-corrected chi connectivity index (χ3v) is 4.55. The van der Waals surface area contributed by atoms with Crippen LogP contribution in [0.25, 0.3) is 11.3 Å². The summed E-state index contributed by atoms with van der Waals surface area (Å²) >= 11 is 3.26. The lowest BCUT2D eigenvalue weighted by atomic mass is 10.2. The van der Waals surface area contributed by atoms with Gasteiger partial charge in [0.15, 0.2) is 5.13 Å². The van der Waals surface area contributed by atoms with E-state index in [2.05, 4.69) is 37.1 Å². The zero-order valence-corrected chi connectivity index (χ0v) is 13.1. The monoisotopic (exact) mass is 294 g/mol. The molecular weight excluding hydrogens is 276 g/mol. The molecule has 2 heterocycles. The van der Waals surface area contributed by atoms with E-state index in [1.165, 1.54) is 26.7 Å². The first-order valence-electron chi connectivity index (χ1n) is 6.43. The lowest BCUT2D eigenvalue weighted by Gasteiger charge is -1.99. The Labute approximate surface area is 121 Å². The zero-order valence-electron chi connectivity index (χ0n) is 11.4. The van der Waals surface area contributed by atoms with E-state index in [4.69, 9.17) is 0 Å². The van der Waals surface area contributed by atoms with Crippen LogP contribution in [0.1, 0.15) is 35.9 Å². The van der Waals surface area contributed by atoms with Crippen molar-refractivity contribution in [2.24, 2.45) is 0 Å². The predicted molar refractivity (Wildman–Crippen MR) is 83.1 cm³/mol. The van der Waals surface area contributed by atoms with Crippen LogP contribution in [0, 0.1) is 13.8 Å². The van der Waals surface area contributed by atoms with E-state index in [-0.39, 0.29) is 5.91 Å². The largest absolute Gasteiger partial charge is 0.302 e. The Balaban J connectivity index is 2.07. The third-order valence-electron chi connectivity index (χ3n) is 2.82. The molecule has 0 spiro atoms. The molecule has 0 bridgehead atoms. The molecule has 0 saturated heterocycles. The lowest BCUT2D eigenvalue weighted by molar-refractivity contribution is -0.116. The van der Waals surface area contributed by atoms with Crippen molar-refractivity contribution in [3.8, 4) is 11.3 Å². The van der Waals surface area contributed by atoms with Crippen molar-refractivity contribution in [3.63, 3.8) is 0 Å². The number of nitrogens with one attached hydrogen (secondary N) is 1. The second-order valence-electron chi connectivity index (χ2n) is 4.52. The van der Waals surface area contributed by atoms with E-state index in [9.17, 15) is 4.79 Å². The number of aromatic nitrogens is 1. The smallest absolute Gasteiger partial charge is 0.226 e. The molecule has 0 atom stereocenters. The number of hydrogen-bond acceptors (Lipinski definition) is 4. The molecule has 0 aliphatic rings. The molecule has 2 aromatic rings. The number of carbonyl (C=O) groups excluding carboxylic acids is 1. The molecule has 2 rings (SSSR count). The van der Waals surface area contributed by atoms with Gasteiger partial charge in [0.1, 0.15) is 0 Å². The molecule has 102 valence electrons. The SMILES string of the molecule is CCCCC(=O)Nc1nc(-c2cc(C)sc2C)cs1. The van der Waals surface area contributed by atoms with Crippen LogP contribution >= 0.6 is 22.7 Å². The van der Waals surface area contributed by atoms with E-state index in [1.54, 1.807) is 11.3 Å². The van der Waals surface area contributed by atoms with Crippen LogP contribution in [-0.2, 0) is 4.79 Å². The highest BCUT2D eigenvalue weighted by molar-refractivity contribution is 7.14. The molecule has 1 N–H and O–H groups in total. The Morgan fingerprint density at radius 1 is 1.42 bits per heavy atom. The number of anilines is 1. The molecule has 5 heteroatoms. The molecule has 2 aromatic heterocycles. The van der Waals surface area contributed by atoms with Crippen LogP contribution < -0.4 is 5.32 Å². The van der Waals surface area contributed by atoms with E-state index >= 15 is 0 Å². The highest BCUT2D eigenvalue weighted by Gasteiger charge is 2.11. The van der Waals surface area contributed by atoms with Gasteiger partial charge >= 0.3 is 0 Å². The first kappa shape index (κ1) is 14.2. The van der Waals surface area contributed by atoms with Gasteiger partial charge < -0.3 is 5.32 Å². The molecule has 0 unspecified atom stereocenters. The maximum atomic E-state index is 11.6. The predicted octanol–water partition coefficient (Wildman–Crippen LogP) is 4.62. The number of unbranched alkanes of at least 4 members (excludes halogenated alkanes) is 1. The van der Waals surface area contributed by atoms with Gasteiger partial charge in [0.05, 0.1) is 5.69 Å². The van der Waals surface area contributed by atoms with Crippen LogP contribution in [0.5, 0.6) is 0 Å². The van der Waals surface area contributed by atoms with Gasteiger partial charge in [-0.2, -0.15) is 0 Å². The Bertz CT molecular complexity index is 572. The molecule has 0 aliphatic heterocycles. The van der Waals surface area contributed by atoms with E-state index in [1.807, 2.05) is 5.38 Å². The topological polar surface area (TPSA) is 42.0 Å². The Hall–Kier alpha value is -1.20. The molecule has 0 aromatic carbocycles. The molecule has 0 fully saturated rings. The van der Waals surface area contributed by atoms with Crippen LogP contribution in [0.4, 0.5) is 5.13 Å². The molecule has 0 radical (unpaired) electrons. The molecule has 0 aliphatic carbocycles. The summed E-state index contributed by atoms with van der Waals surface area (Å²) < 4.78 is 0. The number of carbonyl (C=O) groups is 1. The van der Waals surface area contributed by atoms with Crippen molar-refractivity contribution in [2.75, 3.05) is 5.32 Å². The van der Waals surface area contributed by atoms with Crippen molar-refractivity contribution in [1.29, 1.82) is 0 Å². The molecular formula is C14H18N2OS2. The van der Waals surface area contributed by atoms with Crippen LogP contribution in [0.3, 0.4) is 0 Å². The highest BCUT2D eigenvalue weighted by atomic mass is 32.1. The highest BCUT2D eigenvalue weighted by Crippen LogP contribution is 2.32. The van der Waals surface area contributed by atoms with E-state index in [0.29, 0.717) is 11.6 Å². The van der Waals surface area contributed by atoms with Crippen molar-refractivity contribution >= 4 is 33.7 Å². The van der Waals surface area contributed by atoms with Gasteiger partial charge in [-0.1, -0.05) is 13.3 Å². The summed E-state index contributed by atoms with van der Waals surface area (Å²) in [6, 6.07) is 2.15. The minimum Gasteiger partial charge on any atom is -0.302 e. The van der Waals surface area contributed by atoms with Gasteiger partial charge in [0, 0.05) is 27.1 Å². The zero-order chi connectivity index (χ0) is 13.8. The standard InChI is InChI=1S/C14H18N2OS2/c1-4-5-6-13(17)16-14-15-12(8-18-14)11-7-9(2)19-10(11)3/h7-8H,4-6H2,1-3H3,(H,15,16,17). The fraction of sp³-hybridized carbons (Fsp3) is 0.429. The van der Waals surface area contributed by atoms with Crippen LogP contribution in [0.2, 0.25) is 0 Å². The van der Waals surface area contributed by atoms with Gasteiger partial charge in [-0.05, 0) is 26.3 Å². The maximum absolute atomic E-state index is 11.6. The number of rotatable bonds is 5. The van der Waals surface area contributed by atoms with Gasteiger partial charge in [0.25, 0.3) is 0 Å². The molecule has 3 nitrogen and oxygen atoms in total. The fourth-order valence-corrected chi connectivity index (χ4v) is 3.52. The Morgan fingerprint density at radius 3 is 2.84 bits per heavy atom. The summed E-state index contributed by atoms with van der Waals surface area (Å²) in [4.78, 5) is 18.7. The summed E-state index contributed by atoms with van der Waals surface area (Å²) in [6.07, 6.45) is 2.53. The van der Waals surface area contributed by atoms with E-state index < -0.39 is 0 Å². The van der Waals surface area contributed by atoms with Gasteiger partial charge in [-0.15, -0.1) is 22.7 Å². The minimum absolute atomic E-state index is 0.0565. The van der Waals surface area contributed by atoms with Gasteiger partial charge in [0.2, 0.25) is 5.91 Å². The average Bonchev–Trinajstić information content (AvgIpc) is 2.93. The third kappa shape index (κ3) is 3.64. The van der Waals surface area contributed by atoms with Crippen molar-refractivity contribution in [1.82, 2.24) is 4.98 Å². The summed E-state index contributed by atoms with van der Waals surface area (Å²) in [5, 5.41) is 5.56. The Morgan fingerprint density at radius 2 is 2.21 bits per heavy atom. The quantitative estimate of drug-likeness (QED) is 0.874. The molecule has 1 amide bonds. The molecule has 19 heavy (non-hydrogen) atoms. The maximum Gasteiger partial charge on any atom is 0.226 e. The van der Waals surface area contributed by atoms with Crippen molar-refractivity contribution in [3.05, 3.63) is 21.2 Å². The van der Waals surface area contributed by atoms with Gasteiger partial charge in [-0.25, -0.2) is 4.98 Å². The minimum atomic E-state index is 0.0565. The second-order valence-corrected chi connectivity index (χ2v) is 6.84. The van der Waals surface area contributed by atoms with Crippen LogP contribution in [-0.4, -0.2) is 10.9 Å². The Kier molecular flexibility index (Phi) is 4.71. The number of thiazole rings is 1. The number of aryl methyl sites for hydroxylation is 2. The normalized spacial score (nSPS) is 10.7. The summed E-state index contributed by atoms with van der Waals surface area (Å²) in [5.41, 5.74) is 2.13. The first-order chi connectivity index (χ1) is 9.10. The number of nitrogens with zero attached hydrogens (tertiary/aromatic N) is 1. The summed E-state index contributed by atoms with van der Waals surface area (Å²) in [5.74, 6) is 0.0565. The number of amides is 1. The van der Waals surface area contributed by atoms with Gasteiger partial charge in [-0.3, -0.25) is 4.79 Å².